The van der Waals surface area contributed by atoms with Crippen LogP contribution in [0, 0.1) is 35.0 Å². The van der Waals surface area contributed by atoms with E-state index in [1.807, 2.05) is 6.08 Å². The summed E-state index contributed by atoms with van der Waals surface area (Å²) in [6.07, 6.45) is 24.5. The molecule has 0 atom stereocenters. The second-order valence-corrected chi connectivity index (χ2v) is 8.69. The van der Waals surface area contributed by atoms with Crippen LogP contribution in [-0.2, 0) is 0 Å². The van der Waals surface area contributed by atoms with Gasteiger partial charge in [0, 0.05) is 0 Å². The van der Waals surface area contributed by atoms with Crippen LogP contribution in [0.4, 0.5) is 4.39 Å². The summed E-state index contributed by atoms with van der Waals surface area (Å²) in [7, 11) is 0. The van der Waals surface area contributed by atoms with Crippen LogP contribution in [0.15, 0.2) is 24.1 Å². The molecule has 0 heterocycles. The van der Waals surface area contributed by atoms with E-state index in [2.05, 4.69) is 6.92 Å². The predicted octanol–water partition coefficient (Wildman–Crippen LogP) is 7.89. The number of allylic oxidation sites excluding steroid dienone is 4. The highest BCUT2D eigenvalue weighted by Gasteiger charge is 2.30. The predicted molar refractivity (Wildman–Crippen MR) is 108 cm³/mol. The van der Waals surface area contributed by atoms with Gasteiger partial charge in [-0.25, -0.2) is 0 Å². The van der Waals surface area contributed by atoms with Crippen molar-refractivity contribution in [1.82, 2.24) is 0 Å². The van der Waals surface area contributed by atoms with Crippen molar-refractivity contribution in [3.63, 3.8) is 0 Å². The second-order valence-electron chi connectivity index (χ2n) is 8.69. The standard InChI is InChI=1S/C24H38FN/c1-2-3-5-8-20-11-15-22(16-12-20)23-17-13-21(14-18-23)9-6-4-7-10-24(25)19-26/h4,7,10,20-23H,2-3,5-6,8-9,11-18H2,1H3/b7-4+,24-10-/t20-,21?,22-,23?. The van der Waals surface area contributed by atoms with Crippen molar-refractivity contribution in [1.29, 1.82) is 5.26 Å². The third kappa shape index (κ3) is 7.65. The number of nitrogens with zero attached hydrogens (tertiary/aromatic N) is 1. The van der Waals surface area contributed by atoms with Crippen LogP contribution >= 0.6 is 0 Å². The number of nitriles is 1. The van der Waals surface area contributed by atoms with Crippen LogP contribution in [0.5, 0.6) is 0 Å². The maximum absolute atomic E-state index is 12.7. The molecule has 0 aromatic carbocycles. The van der Waals surface area contributed by atoms with Crippen molar-refractivity contribution in [2.24, 2.45) is 23.7 Å². The summed E-state index contributed by atoms with van der Waals surface area (Å²) in [5.41, 5.74) is 0. The molecule has 2 saturated carbocycles. The van der Waals surface area contributed by atoms with Gasteiger partial charge in [-0.05, 0) is 68.3 Å². The van der Waals surface area contributed by atoms with Crippen molar-refractivity contribution >= 4 is 0 Å². The van der Waals surface area contributed by atoms with Crippen LogP contribution < -0.4 is 0 Å². The second kappa shape index (κ2) is 12.3. The molecule has 2 rings (SSSR count). The van der Waals surface area contributed by atoms with Gasteiger partial charge >= 0.3 is 0 Å². The Morgan fingerprint density at radius 2 is 1.50 bits per heavy atom. The number of hydrogen-bond donors (Lipinski definition) is 0. The molecule has 2 heteroatoms. The Morgan fingerprint density at radius 1 is 0.923 bits per heavy atom. The summed E-state index contributed by atoms with van der Waals surface area (Å²) in [5, 5.41) is 8.36. The van der Waals surface area contributed by atoms with Crippen molar-refractivity contribution < 1.29 is 4.39 Å². The van der Waals surface area contributed by atoms with Gasteiger partial charge in [-0.3, -0.25) is 0 Å². The number of unbranched alkanes of at least 4 members (excludes halogenated alkanes) is 2. The maximum atomic E-state index is 12.7. The third-order valence-corrected chi connectivity index (χ3v) is 6.89. The Bertz CT molecular complexity index is 471. The Morgan fingerprint density at radius 3 is 2.04 bits per heavy atom. The molecule has 0 aromatic heterocycles. The van der Waals surface area contributed by atoms with Gasteiger partial charge in [0.1, 0.15) is 6.07 Å². The zero-order valence-electron chi connectivity index (χ0n) is 16.8. The molecule has 0 unspecified atom stereocenters. The van der Waals surface area contributed by atoms with E-state index in [-0.39, 0.29) is 0 Å². The molecular weight excluding hydrogens is 321 g/mol. The number of hydrogen-bond acceptors (Lipinski definition) is 1. The molecule has 0 aliphatic heterocycles. The lowest BCUT2D eigenvalue weighted by atomic mass is 9.68. The first-order valence-electron chi connectivity index (χ1n) is 11.1. The average molecular weight is 360 g/mol. The van der Waals surface area contributed by atoms with Crippen molar-refractivity contribution in [2.45, 2.75) is 96.8 Å². The van der Waals surface area contributed by atoms with Crippen LogP contribution in [-0.4, -0.2) is 0 Å². The normalized spacial score (nSPS) is 30.4. The van der Waals surface area contributed by atoms with Crippen molar-refractivity contribution in [2.75, 3.05) is 0 Å². The highest BCUT2D eigenvalue weighted by Crippen LogP contribution is 2.43. The molecule has 0 aromatic rings. The fraction of sp³-hybridized carbons (Fsp3) is 0.792. The molecule has 0 bridgehead atoms. The summed E-state index contributed by atoms with van der Waals surface area (Å²) in [5.74, 6) is 3.18. The molecule has 0 spiro atoms. The smallest absolute Gasteiger partial charge is 0.195 e. The lowest BCUT2D eigenvalue weighted by Crippen LogP contribution is -2.25. The molecule has 2 fully saturated rings. The molecule has 2 aliphatic rings. The van der Waals surface area contributed by atoms with Gasteiger partial charge in [-0.2, -0.15) is 9.65 Å². The van der Waals surface area contributed by atoms with E-state index in [1.54, 1.807) is 6.08 Å². The minimum absolute atomic E-state index is 0.707. The van der Waals surface area contributed by atoms with E-state index in [9.17, 15) is 4.39 Å². The monoisotopic (exact) mass is 359 g/mol. The summed E-state index contributed by atoms with van der Waals surface area (Å²) < 4.78 is 12.7. The first-order valence-corrected chi connectivity index (χ1v) is 11.1. The Hall–Kier alpha value is -1.10. The van der Waals surface area contributed by atoms with Gasteiger partial charge in [0.25, 0.3) is 0 Å². The topological polar surface area (TPSA) is 23.8 Å². The van der Waals surface area contributed by atoms with E-state index in [0.717, 1.165) is 30.1 Å². The lowest BCUT2D eigenvalue weighted by Gasteiger charge is -2.38. The molecule has 0 radical (unpaired) electrons. The molecule has 0 amide bonds. The number of rotatable bonds is 9. The first kappa shape index (κ1) is 21.2. The lowest BCUT2D eigenvalue weighted by molar-refractivity contribution is 0.140. The minimum atomic E-state index is -0.707. The van der Waals surface area contributed by atoms with Gasteiger partial charge < -0.3 is 0 Å². The van der Waals surface area contributed by atoms with Gasteiger partial charge in [-0.1, -0.05) is 70.4 Å². The largest absolute Gasteiger partial charge is 0.199 e. The minimum Gasteiger partial charge on any atom is -0.195 e. The first-order chi connectivity index (χ1) is 12.7. The van der Waals surface area contributed by atoms with Crippen LogP contribution in [0.25, 0.3) is 0 Å². The quantitative estimate of drug-likeness (QED) is 0.233. The van der Waals surface area contributed by atoms with E-state index in [0.29, 0.717) is 0 Å². The Labute approximate surface area is 160 Å². The van der Waals surface area contributed by atoms with Gasteiger partial charge in [0.05, 0.1) is 0 Å². The SMILES string of the molecule is CCCCC[C@H]1CC[C@H](C2CCC(CC/C=C/C=C(\F)C#N)CC2)CC1. The third-order valence-electron chi connectivity index (χ3n) is 6.89. The van der Waals surface area contributed by atoms with Gasteiger partial charge in [-0.15, -0.1) is 0 Å². The van der Waals surface area contributed by atoms with Gasteiger partial charge in [0.2, 0.25) is 0 Å². The van der Waals surface area contributed by atoms with E-state index < -0.39 is 5.83 Å². The summed E-state index contributed by atoms with van der Waals surface area (Å²) >= 11 is 0. The highest BCUT2D eigenvalue weighted by atomic mass is 19.1. The van der Waals surface area contributed by atoms with Gasteiger partial charge in [0.15, 0.2) is 5.83 Å². The fourth-order valence-corrected chi connectivity index (χ4v) is 5.20. The molecule has 0 saturated heterocycles. The molecule has 0 N–H and O–H groups in total. The molecular formula is C24H38FN. The molecule has 2 aliphatic carbocycles. The van der Waals surface area contributed by atoms with Crippen molar-refractivity contribution in [3.05, 3.63) is 24.1 Å². The average Bonchev–Trinajstić information content (AvgIpc) is 2.69. The zero-order valence-corrected chi connectivity index (χ0v) is 16.8. The van der Waals surface area contributed by atoms with Crippen LogP contribution in [0.2, 0.25) is 0 Å². The summed E-state index contributed by atoms with van der Waals surface area (Å²) in [6, 6.07) is 1.50. The summed E-state index contributed by atoms with van der Waals surface area (Å²) in [4.78, 5) is 0. The maximum Gasteiger partial charge on any atom is 0.199 e. The van der Waals surface area contributed by atoms with Crippen molar-refractivity contribution in [3.8, 4) is 6.07 Å². The zero-order chi connectivity index (χ0) is 18.6. The van der Waals surface area contributed by atoms with E-state index in [1.165, 1.54) is 95.6 Å². The number of halogens is 1. The molecule has 26 heavy (non-hydrogen) atoms. The highest BCUT2D eigenvalue weighted by molar-refractivity contribution is 5.18. The fourth-order valence-electron chi connectivity index (χ4n) is 5.20. The Balaban J connectivity index is 1.58. The van der Waals surface area contributed by atoms with Crippen LogP contribution in [0.1, 0.15) is 96.8 Å². The summed E-state index contributed by atoms with van der Waals surface area (Å²) in [6.45, 7) is 2.30. The van der Waals surface area contributed by atoms with Crippen LogP contribution in [0.3, 0.4) is 0 Å². The van der Waals surface area contributed by atoms with E-state index >= 15 is 0 Å². The molecule has 1 nitrogen and oxygen atoms in total. The van der Waals surface area contributed by atoms with E-state index in [4.69, 9.17) is 5.26 Å². The Kier molecular flexibility index (Phi) is 10.0. The molecule has 146 valence electrons.